The molecule has 3 heterocycles. The van der Waals surface area contributed by atoms with E-state index < -0.39 is 5.69 Å². The number of carbonyl (C=O) groups excluding carboxylic acids is 1. The van der Waals surface area contributed by atoms with Gasteiger partial charge in [0.05, 0.1) is 18.1 Å². The molecule has 0 unspecified atom stereocenters. The van der Waals surface area contributed by atoms with Crippen molar-refractivity contribution in [3.05, 3.63) is 28.5 Å². The summed E-state index contributed by atoms with van der Waals surface area (Å²) in [6.45, 7) is 0.235. The van der Waals surface area contributed by atoms with Crippen LogP contribution in [-0.4, -0.2) is 26.0 Å². The Labute approximate surface area is 88.8 Å². The van der Waals surface area contributed by atoms with E-state index in [0.717, 1.165) is 5.39 Å². The van der Waals surface area contributed by atoms with Crippen LogP contribution in [0.4, 0.5) is 5.82 Å². The lowest BCUT2D eigenvalue weighted by atomic mass is 10.2. The van der Waals surface area contributed by atoms with Crippen molar-refractivity contribution in [2.45, 2.75) is 6.54 Å². The number of nitrogens with zero attached hydrogens (tertiary/aromatic N) is 3. The Kier molecular flexibility index (Phi) is 1.67. The number of allylic oxidation sites excluding steroid dienone is 1. The zero-order valence-corrected chi connectivity index (χ0v) is 8.10. The van der Waals surface area contributed by atoms with Crippen molar-refractivity contribution < 1.29 is 4.79 Å². The minimum atomic E-state index is -0.410. The first-order valence-electron chi connectivity index (χ1n) is 4.64. The third kappa shape index (κ3) is 1.08. The van der Waals surface area contributed by atoms with Crippen LogP contribution in [-0.2, 0) is 11.3 Å². The normalized spacial score (nSPS) is 14.1. The Bertz CT molecular complexity index is 666. The van der Waals surface area contributed by atoms with Crippen LogP contribution in [0.3, 0.4) is 0 Å². The maximum atomic E-state index is 11.7. The van der Waals surface area contributed by atoms with E-state index >= 15 is 0 Å². The van der Waals surface area contributed by atoms with Crippen molar-refractivity contribution in [1.29, 1.82) is 0 Å². The fraction of sp³-hybridized carbons (Fsp3) is 0.111. The lowest BCUT2D eigenvalue weighted by Gasteiger charge is -2.17. The van der Waals surface area contributed by atoms with E-state index in [9.17, 15) is 9.59 Å². The molecule has 2 aromatic rings. The van der Waals surface area contributed by atoms with Gasteiger partial charge in [-0.3, -0.25) is 14.5 Å². The minimum Gasteiger partial charge on any atom is -0.347 e. The third-order valence-electron chi connectivity index (χ3n) is 2.47. The van der Waals surface area contributed by atoms with Crippen LogP contribution in [0.15, 0.2) is 22.8 Å². The van der Waals surface area contributed by atoms with Crippen molar-refractivity contribution >= 4 is 23.1 Å². The quantitative estimate of drug-likeness (QED) is 0.635. The highest BCUT2D eigenvalue weighted by molar-refractivity contribution is 5.88. The standard InChI is InChI=1S/C9H7N5O2/c15-4-5-1-10-8-6-2-11-13-7(6)12-9(16)14(8)3-5/h1-2,4,10H,3H2,(H,12,13,16). The molecule has 80 valence electrons. The zero-order chi connectivity index (χ0) is 11.1. The monoisotopic (exact) mass is 217 g/mol. The number of anilines is 1. The molecule has 0 saturated heterocycles. The van der Waals surface area contributed by atoms with Gasteiger partial charge in [0.1, 0.15) is 12.1 Å². The molecule has 0 fully saturated rings. The first-order chi connectivity index (χ1) is 7.79. The number of aromatic amines is 1. The summed E-state index contributed by atoms with van der Waals surface area (Å²) in [7, 11) is 0. The number of H-pyrrole nitrogens is 1. The van der Waals surface area contributed by atoms with E-state index in [4.69, 9.17) is 0 Å². The predicted octanol–water partition coefficient (Wildman–Crippen LogP) is -0.372. The molecule has 0 atom stereocenters. The van der Waals surface area contributed by atoms with E-state index in [2.05, 4.69) is 20.5 Å². The predicted molar refractivity (Wildman–Crippen MR) is 55.9 cm³/mol. The van der Waals surface area contributed by atoms with Crippen molar-refractivity contribution in [2.24, 2.45) is 0 Å². The van der Waals surface area contributed by atoms with Gasteiger partial charge in [-0.1, -0.05) is 0 Å². The van der Waals surface area contributed by atoms with Crippen LogP contribution in [0.2, 0.25) is 0 Å². The first-order valence-corrected chi connectivity index (χ1v) is 4.64. The molecule has 1 aliphatic heterocycles. The van der Waals surface area contributed by atoms with Crippen molar-refractivity contribution in [3.63, 3.8) is 0 Å². The van der Waals surface area contributed by atoms with Gasteiger partial charge < -0.3 is 5.32 Å². The van der Waals surface area contributed by atoms with Gasteiger partial charge in [0, 0.05) is 11.8 Å². The second kappa shape index (κ2) is 3.02. The molecule has 0 radical (unpaired) electrons. The maximum absolute atomic E-state index is 11.7. The molecular formula is C9H7N5O2. The number of aldehydes is 1. The zero-order valence-electron chi connectivity index (χ0n) is 8.10. The van der Waals surface area contributed by atoms with Crippen LogP contribution in [0.25, 0.3) is 11.0 Å². The largest absolute Gasteiger partial charge is 0.351 e. The number of aromatic nitrogens is 4. The average molecular weight is 217 g/mol. The summed E-state index contributed by atoms with van der Waals surface area (Å²) in [6.07, 6.45) is 3.87. The molecule has 0 aromatic carbocycles. The van der Waals surface area contributed by atoms with Gasteiger partial charge in [0.25, 0.3) is 0 Å². The number of hydrogen-bond acceptors (Lipinski definition) is 5. The van der Waals surface area contributed by atoms with Gasteiger partial charge in [-0.2, -0.15) is 10.1 Å². The SMILES string of the molecule is O=CC1=CNc2c3cn[nH]c3nc(=O)n2C1. The summed E-state index contributed by atoms with van der Waals surface area (Å²) in [6, 6.07) is 0. The van der Waals surface area contributed by atoms with E-state index in [1.807, 2.05) is 0 Å². The minimum absolute atomic E-state index is 0.235. The summed E-state index contributed by atoms with van der Waals surface area (Å²) < 4.78 is 1.40. The van der Waals surface area contributed by atoms with Gasteiger partial charge in [0.2, 0.25) is 0 Å². The molecule has 0 saturated carbocycles. The van der Waals surface area contributed by atoms with Gasteiger partial charge in [-0.25, -0.2) is 4.79 Å². The molecule has 2 N–H and O–H groups in total. The fourth-order valence-corrected chi connectivity index (χ4v) is 1.70. The van der Waals surface area contributed by atoms with Crippen molar-refractivity contribution in [2.75, 3.05) is 5.32 Å². The molecule has 0 spiro atoms. The number of rotatable bonds is 1. The molecule has 1 aliphatic rings. The Hall–Kier alpha value is -2.44. The van der Waals surface area contributed by atoms with Crippen LogP contribution in [0, 0.1) is 0 Å². The molecule has 16 heavy (non-hydrogen) atoms. The van der Waals surface area contributed by atoms with Gasteiger partial charge in [-0.15, -0.1) is 0 Å². The second-order valence-corrected chi connectivity index (χ2v) is 3.44. The first kappa shape index (κ1) is 8.84. The summed E-state index contributed by atoms with van der Waals surface area (Å²) in [5.41, 5.74) is 0.526. The van der Waals surface area contributed by atoms with Gasteiger partial charge >= 0.3 is 5.69 Å². The molecule has 7 nitrogen and oxygen atoms in total. The Morgan fingerprint density at radius 1 is 1.50 bits per heavy atom. The molecule has 2 aromatic heterocycles. The van der Waals surface area contributed by atoms with Crippen LogP contribution < -0.4 is 11.0 Å². The number of nitrogens with one attached hydrogen (secondary N) is 2. The average Bonchev–Trinajstić information content (AvgIpc) is 2.77. The maximum Gasteiger partial charge on any atom is 0.351 e. The van der Waals surface area contributed by atoms with Crippen LogP contribution in [0.1, 0.15) is 0 Å². The highest BCUT2D eigenvalue weighted by Gasteiger charge is 2.16. The summed E-state index contributed by atoms with van der Waals surface area (Å²) >= 11 is 0. The number of carbonyl (C=O) groups is 1. The van der Waals surface area contributed by atoms with E-state index in [-0.39, 0.29) is 6.54 Å². The molecule has 7 heteroatoms. The highest BCUT2D eigenvalue weighted by Crippen LogP contribution is 2.21. The molecular weight excluding hydrogens is 210 g/mol. The van der Waals surface area contributed by atoms with E-state index in [1.165, 1.54) is 4.57 Å². The molecule has 0 amide bonds. The van der Waals surface area contributed by atoms with E-state index in [1.54, 1.807) is 12.4 Å². The molecule has 0 aliphatic carbocycles. The lowest BCUT2D eigenvalue weighted by Crippen LogP contribution is -2.29. The van der Waals surface area contributed by atoms with Crippen molar-refractivity contribution in [3.8, 4) is 0 Å². The lowest BCUT2D eigenvalue weighted by molar-refractivity contribution is -0.105. The summed E-state index contributed by atoms with van der Waals surface area (Å²) in [5, 5.41) is 10.1. The van der Waals surface area contributed by atoms with Crippen LogP contribution in [0.5, 0.6) is 0 Å². The molecule has 0 bridgehead atoms. The summed E-state index contributed by atoms with van der Waals surface area (Å²) in [5.74, 6) is 0.606. The smallest absolute Gasteiger partial charge is 0.347 e. The fourth-order valence-electron chi connectivity index (χ4n) is 1.70. The third-order valence-corrected chi connectivity index (χ3v) is 2.47. The number of hydrogen-bond donors (Lipinski definition) is 2. The topological polar surface area (TPSA) is 92.7 Å². The van der Waals surface area contributed by atoms with E-state index in [0.29, 0.717) is 23.3 Å². The van der Waals surface area contributed by atoms with Gasteiger partial charge in [-0.05, 0) is 0 Å². The summed E-state index contributed by atoms with van der Waals surface area (Å²) in [4.78, 5) is 26.1. The van der Waals surface area contributed by atoms with Crippen molar-refractivity contribution in [1.82, 2.24) is 19.7 Å². The highest BCUT2D eigenvalue weighted by atomic mass is 16.1. The molecule has 3 rings (SSSR count). The van der Waals surface area contributed by atoms with Gasteiger partial charge in [0.15, 0.2) is 5.65 Å². The Morgan fingerprint density at radius 2 is 2.38 bits per heavy atom. The Morgan fingerprint density at radius 3 is 3.19 bits per heavy atom. The second-order valence-electron chi connectivity index (χ2n) is 3.44. The number of fused-ring (bicyclic) bond motifs is 3. The van der Waals surface area contributed by atoms with Crippen LogP contribution >= 0.6 is 0 Å². The Balaban J connectivity index is 2.32.